The zero-order valence-corrected chi connectivity index (χ0v) is 19.8. The van der Waals surface area contributed by atoms with Crippen LogP contribution in [0.2, 0.25) is 0 Å². The summed E-state index contributed by atoms with van der Waals surface area (Å²) in [5.74, 6) is -1.11. The van der Waals surface area contributed by atoms with Gasteiger partial charge in [0.15, 0.2) is 0 Å². The molecule has 0 aliphatic rings. The van der Waals surface area contributed by atoms with Gasteiger partial charge < -0.3 is 10.2 Å². The van der Waals surface area contributed by atoms with Crippen LogP contribution in [-0.4, -0.2) is 45.3 Å². The molecule has 3 aromatic carbocycles. The van der Waals surface area contributed by atoms with Gasteiger partial charge in [0.05, 0.1) is 17.1 Å². The highest BCUT2D eigenvalue weighted by atomic mass is 32.2. The van der Waals surface area contributed by atoms with Crippen LogP contribution in [0, 0.1) is 5.82 Å². The molecule has 2 amide bonds. The van der Waals surface area contributed by atoms with E-state index < -0.39 is 10.0 Å². The van der Waals surface area contributed by atoms with Gasteiger partial charge in [0.1, 0.15) is 5.82 Å². The van der Waals surface area contributed by atoms with E-state index in [2.05, 4.69) is 5.32 Å². The van der Waals surface area contributed by atoms with Crippen LogP contribution in [0.4, 0.5) is 10.1 Å². The summed E-state index contributed by atoms with van der Waals surface area (Å²) in [6.07, 6.45) is 0. The highest BCUT2D eigenvalue weighted by Crippen LogP contribution is 2.22. The van der Waals surface area contributed by atoms with Crippen molar-refractivity contribution < 1.29 is 22.4 Å². The molecular weight excluding hydrogens is 457 g/mol. The van der Waals surface area contributed by atoms with Gasteiger partial charge in [-0.1, -0.05) is 30.3 Å². The average molecular weight is 484 g/mol. The first-order valence-electron chi connectivity index (χ1n) is 10.7. The molecule has 0 unspecified atom stereocenters. The maximum Gasteiger partial charge on any atom is 0.264 e. The van der Waals surface area contributed by atoms with Crippen molar-refractivity contribution in [2.75, 3.05) is 24.4 Å². The highest BCUT2D eigenvalue weighted by molar-refractivity contribution is 7.92. The Balaban J connectivity index is 1.64. The minimum absolute atomic E-state index is 0.0514. The van der Waals surface area contributed by atoms with Crippen molar-refractivity contribution in [3.8, 4) is 0 Å². The summed E-state index contributed by atoms with van der Waals surface area (Å²) in [5, 5.41) is 2.71. The van der Waals surface area contributed by atoms with E-state index in [9.17, 15) is 22.4 Å². The van der Waals surface area contributed by atoms with E-state index in [1.807, 2.05) is 0 Å². The molecule has 0 fully saturated rings. The van der Waals surface area contributed by atoms with Crippen molar-refractivity contribution >= 4 is 27.5 Å². The maximum absolute atomic E-state index is 13.0. The molecule has 0 aliphatic heterocycles. The van der Waals surface area contributed by atoms with E-state index in [1.165, 1.54) is 52.7 Å². The first-order valence-corrected chi connectivity index (χ1v) is 12.1. The van der Waals surface area contributed by atoms with Crippen LogP contribution in [0.1, 0.15) is 22.8 Å². The molecule has 9 heteroatoms. The molecule has 3 rings (SSSR count). The lowest BCUT2D eigenvalue weighted by Gasteiger charge is -2.21. The number of benzene rings is 3. The Bertz CT molecular complexity index is 1230. The molecule has 7 nitrogen and oxygen atoms in total. The standard InChI is InChI=1S/C25H26FN3O4S/c1-3-29(18-24(30)27-17-19-9-13-21(26)14-10-19)25(31)20-11-15-23(16-12-20)34(32,33)28(2)22-7-5-4-6-8-22/h4-16H,3,17-18H2,1-2H3,(H,27,30). The number of halogens is 1. The lowest BCUT2D eigenvalue weighted by atomic mass is 10.2. The second-order valence-corrected chi connectivity index (χ2v) is 9.52. The van der Waals surface area contributed by atoms with Gasteiger partial charge in [-0.15, -0.1) is 0 Å². The van der Waals surface area contributed by atoms with Crippen molar-refractivity contribution in [1.82, 2.24) is 10.2 Å². The molecule has 0 atom stereocenters. The molecule has 178 valence electrons. The molecule has 0 bridgehead atoms. The van der Waals surface area contributed by atoms with E-state index in [0.717, 1.165) is 5.56 Å². The number of hydrogen-bond acceptors (Lipinski definition) is 4. The summed E-state index contributed by atoms with van der Waals surface area (Å²) in [7, 11) is -2.33. The third-order valence-corrected chi connectivity index (χ3v) is 7.09. The summed E-state index contributed by atoms with van der Waals surface area (Å²) in [6.45, 7) is 2.10. The van der Waals surface area contributed by atoms with Crippen molar-refractivity contribution in [2.24, 2.45) is 0 Å². The maximum atomic E-state index is 13.0. The van der Waals surface area contributed by atoms with Gasteiger partial charge >= 0.3 is 0 Å². The third-order valence-electron chi connectivity index (χ3n) is 5.29. The quantitative estimate of drug-likeness (QED) is 0.505. The predicted octanol–water partition coefficient (Wildman–Crippen LogP) is 3.43. The zero-order chi connectivity index (χ0) is 24.7. The van der Waals surface area contributed by atoms with Gasteiger partial charge in [0.25, 0.3) is 15.9 Å². The Morgan fingerprint density at radius 3 is 2.12 bits per heavy atom. The lowest BCUT2D eigenvalue weighted by Crippen LogP contribution is -2.40. The number of rotatable bonds is 9. The smallest absolute Gasteiger partial charge is 0.264 e. The molecule has 3 aromatic rings. The zero-order valence-electron chi connectivity index (χ0n) is 18.9. The second kappa shape index (κ2) is 10.9. The Kier molecular flexibility index (Phi) is 8.01. The van der Waals surface area contributed by atoms with Gasteiger partial charge in [0, 0.05) is 25.7 Å². The number of hydrogen-bond donors (Lipinski definition) is 1. The van der Waals surface area contributed by atoms with Gasteiger partial charge in [-0.25, -0.2) is 12.8 Å². The fourth-order valence-electron chi connectivity index (χ4n) is 3.25. The van der Waals surface area contributed by atoms with Crippen LogP contribution >= 0.6 is 0 Å². The number of carbonyl (C=O) groups excluding carboxylic acids is 2. The van der Waals surface area contributed by atoms with Crippen molar-refractivity contribution in [2.45, 2.75) is 18.4 Å². The van der Waals surface area contributed by atoms with E-state index in [0.29, 0.717) is 12.2 Å². The summed E-state index contributed by atoms with van der Waals surface area (Å²) in [4.78, 5) is 26.6. The molecule has 34 heavy (non-hydrogen) atoms. The topological polar surface area (TPSA) is 86.8 Å². The number of nitrogens with one attached hydrogen (secondary N) is 1. The number of sulfonamides is 1. The Labute approximate surface area is 198 Å². The number of anilines is 1. The van der Waals surface area contributed by atoms with Crippen molar-refractivity contribution in [1.29, 1.82) is 0 Å². The first-order chi connectivity index (χ1) is 16.2. The van der Waals surface area contributed by atoms with Crippen LogP contribution in [0.15, 0.2) is 83.8 Å². The predicted molar refractivity (Wildman–Crippen MR) is 128 cm³/mol. The molecule has 0 aromatic heterocycles. The lowest BCUT2D eigenvalue weighted by molar-refractivity contribution is -0.121. The summed E-state index contributed by atoms with van der Waals surface area (Å²) < 4.78 is 40.0. The van der Waals surface area contributed by atoms with Crippen LogP contribution < -0.4 is 9.62 Å². The fourth-order valence-corrected chi connectivity index (χ4v) is 4.44. The van der Waals surface area contributed by atoms with E-state index in [4.69, 9.17) is 0 Å². The summed E-state index contributed by atoms with van der Waals surface area (Å²) in [5.41, 5.74) is 1.53. The largest absolute Gasteiger partial charge is 0.350 e. The number of amides is 2. The van der Waals surface area contributed by atoms with Crippen LogP contribution in [0.3, 0.4) is 0 Å². The van der Waals surface area contributed by atoms with Crippen molar-refractivity contribution in [3.63, 3.8) is 0 Å². The van der Waals surface area contributed by atoms with E-state index in [1.54, 1.807) is 49.4 Å². The Morgan fingerprint density at radius 2 is 1.53 bits per heavy atom. The van der Waals surface area contributed by atoms with Crippen LogP contribution in [0.25, 0.3) is 0 Å². The molecule has 0 saturated heterocycles. The molecule has 0 aliphatic carbocycles. The number of nitrogens with zero attached hydrogens (tertiary/aromatic N) is 2. The summed E-state index contributed by atoms with van der Waals surface area (Å²) >= 11 is 0. The molecule has 1 N–H and O–H groups in total. The minimum atomic E-state index is -3.79. The molecule has 0 saturated carbocycles. The van der Waals surface area contributed by atoms with Gasteiger partial charge in [-0.2, -0.15) is 0 Å². The second-order valence-electron chi connectivity index (χ2n) is 7.55. The van der Waals surface area contributed by atoms with Gasteiger partial charge in [-0.3, -0.25) is 13.9 Å². The number of carbonyl (C=O) groups is 2. The molecule has 0 heterocycles. The number of likely N-dealkylation sites (N-methyl/N-ethyl adjacent to an activating group) is 1. The Morgan fingerprint density at radius 1 is 0.912 bits per heavy atom. The molecular formula is C25H26FN3O4S. The van der Waals surface area contributed by atoms with Gasteiger partial charge in [0.2, 0.25) is 5.91 Å². The minimum Gasteiger partial charge on any atom is -0.350 e. The highest BCUT2D eigenvalue weighted by Gasteiger charge is 2.23. The third kappa shape index (κ3) is 5.99. The van der Waals surface area contributed by atoms with Crippen molar-refractivity contribution in [3.05, 3.63) is 95.8 Å². The number of para-hydroxylation sites is 1. The molecule has 0 spiro atoms. The normalized spacial score (nSPS) is 11.0. The van der Waals surface area contributed by atoms with E-state index >= 15 is 0 Å². The Hall–Kier alpha value is -3.72. The van der Waals surface area contributed by atoms with Crippen LogP contribution in [-0.2, 0) is 21.4 Å². The fraction of sp³-hybridized carbons (Fsp3) is 0.200. The first kappa shape index (κ1) is 24.9. The van der Waals surface area contributed by atoms with Gasteiger partial charge in [-0.05, 0) is 61.0 Å². The molecule has 0 radical (unpaired) electrons. The SMILES string of the molecule is CCN(CC(=O)NCc1ccc(F)cc1)C(=O)c1ccc(S(=O)(=O)N(C)c2ccccc2)cc1. The average Bonchev–Trinajstić information content (AvgIpc) is 2.86. The summed E-state index contributed by atoms with van der Waals surface area (Å²) in [6, 6.07) is 20.1. The van der Waals surface area contributed by atoms with E-state index in [-0.39, 0.29) is 41.2 Å². The van der Waals surface area contributed by atoms with Crippen LogP contribution in [0.5, 0.6) is 0 Å². The monoisotopic (exact) mass is 483 g/mol.